The molecule has 166 valence electrons. The molecule has 0 unspecified atom stereocenters. The van der Waals surface area contributed by atoms with Gasteiger partial charge in [-0.3, -0.25) is 19.8 Å². The van der Waals surface area contributed by atoms with Gasteiger partial charge in [-0.15, -0.1) is 11.3 Å². The molecule has 0 aliphatic carbocycles. The number of amides is 1. The van der Waals surface area contributed by atoms with Crippen molar-refractivity contribution < 1.29 is 14.5 Å². The smallest absolute Gasteiger partial charge is 0.273 e. The highest BCUT2D eigenvalue weighted by Gasteiger charge is 2.24. The molecule has 2 aromatic carbocycles. The van der Waals surface area contributed by atoms with Crippen molar-refractivity contribution in [1.82, 2.24) is 14.8 Å². The van der Waals surface area contributed by atoms with E-state index in [0.29, 0.717) is 24.2 Å². The number of nitro benzene ring substituents is 1. The number of aromatic nitrogens is 1. The second-order valence-electron chi connectivity index (χ2n) is 7.69. The molecule has 0 spiro atoms. The summed E-state index contributed by atoms with van der Waals surface area (Å²) in [5, 5.41) is 14.3. The number of rotatable bonds is 6. The second kappa shape index (κ2) is 9.46. The van der Waals surface area contributed by atoms with Crippen molar-refractivity contribution in [3.63, 3.8) is 0 Å². The molecular formula is C23H24N4O4S. The third-order valence-electron chi connectivity index (χ3n) is 5.59. The Morgan fingerprint density at radius 3 is 2.69 bits per heavy atom. The molecule has 1 fully saturated rings. The topological polar surface area (TPSA) is 88.8 Å². The highest BCUT2D eigenvalue weighted by molar-refractivity contribution is 7.09. The molecule has 0 N–H and O–H groups in total. The predicted octanol–water partition coefficient (Wildman–Crippen LogP) is 3.99. The Morgan fingerprint density at radius 2 is 1.97 bits per heavy atom. The van der Waals surface area contributed by atoms with Gasteiger partial charge in [0.2, 0.25) is 0 Å². The lowest BCUT2D eigenvalue weighted by molar-refractivity contribution is -0.385. The van der Waals surface area contributed by atoms with Gasteiger partial charge in [0, 0.05) is 54.3 Å². The van der Waals surface area contributed by atoms with Crippen molar-refractivity contribution >= 4 is 22.9 Å². The number of nitrogens with zero attached hydrogens (tertiary/aromatic N) is 4. The zero-order chi connectivity index (χ0) is 22.7. The maximum Gasteiger partial charge on any atom is 0.273 e. The summed E-state index contributed by atoms with van der Waals surface area (Å²) in [4.78, 5) is 32.4. The van der Waals surface area contributed by atoms with Crippen LogP contribution in [0.25, 0.3) is 11.3 Å². The Hall–Kier alpha value is -3.30. The first-order chi connectivity index (χ1) is 15.4. The van der Waals surface area contributed by atoms with Crippen LogP contribution in [0.15, 0.2) is 47.8 Å². The third kappa shape index (κ3) is 4.79. The Bertz CT molecular complexity index is 1140. The summed E-state index contributed by atoms with van der Waals surface area (Å²) in [5.74, 6) is 0.638. The van der Waals surface area contributed by atoms with Crippen LogP contribution in [0.4, 0.5) is 5.69 Å². The van der Waals surface area contributed by atoms with E-state index in [1.165, 1.54) is 6.07 Å². The molecule has 0 bridgehead atoms. The maximum absolute atomic E-state index is 12.8. The van der Waals surface area contributed by atoms with Crippen LogP contribution < -0.4 is 4.74 Å². The SMILES string of the molecule is COc1cccc(-c2csc(CN3CCN(C(=O)c4ccc(C)c([N+](=O)[O-])c4)CC3)n2)c1. The van der Waals surface area contributed by atoms with E-state index in [1.807, 2.05) is 29.6 Å². The first-order valence-corrected chi connectivity index (χ1v) is 11.2. The van der Waals surface area contributed by atoms with Crippen LogP contribution in [0.1, 0.15) is 20.9 Å². The number of carbonyl (C=O) groups is 1. The first-order valence-electron chi connectivity index (χ1n) is 10.3. The van der Waals surface area contributed by atoms with E-state index >= 15 is 0 Å². The molecule has 0 saturated carbocycles. The lowest BCUT2D eigenvalue weighted by Gasteiger charge is -2.34. The Kier molecular flexibility index (Phi) is 6.48. The average molecular weight is 453 g/mol. The maximum atomic E-state index is 12.8. The molecule has 1 aromatic heterocycles. The third-order valence-corrected chi connectivity index (χ3v) is 6.42. The van der Waals surface area contributed by atoms with E-state index in [0.717, 1.165) is 41.6 Å². The van der Waals surface area contributed by atoms with Crippen LogP contribution in [-0.2, 0) is 6.54 Å². The van der Waals surface area contributed by atoms with Crippen molar-refractivity contribution in [2.24, 2.45) is 0 Å². The summed E-state index contributed by atoms with van der Waals surface area (Å²) in [7, 11) is 1.65. The Balaban J connectivity index is 1.35. The number of piperazine rings is 1. The second-order valence-corrected chi connectivity index (χ2v) is 8.63. The van der Waals surface area contributed by atoms with E-state index in [9.17, 15) is 14.9 Å². The zero-order valence-electron chi connectivity index (χ0n) is 18.0. The van der Waals surface area contributed by atoms with Gasteiger partial charge < -0.3 is 9.64 Å². The van der Waals surface area contributed by atoms with Gasteiger partial charge in [0.25, 0.3) is 11.6 Å². The van der Waals surface area contributed by atoms with Gasteiger partial charge in [-0.1, -0.05) is 18.2 Å². The quantitative estimate of drug-likeness (QED) is 0.415. The number of thiazole rings is 1. The van der Waals surface area contributed by atoms with Crippen LogP contribution in [-0.4, -0.2) is 58.9 Å². The highest BCUT2D eigenvalue weighted by atomic mass is 32.1. The minimum Gasteiger partial charge on any atom is -0.497 e. The standard InChI is InChI=1S/C23H24N4O4S/c1-16-6-7-18(13-21(16)27(29)30)23(28)26-10-8-25(9-11-26)14-22-24-20(15-32-22)17-4-3-5-19(12-17)31-2/h3-7,12-13,15H,8-11,14H2,1-2H3. The van der Waals surface area contributed by atoms with Gasteiger partial charge in [0.1, 0.15) is 10.8 Å². The van der Waals surface area contributed by atoms with Crippen molar-refractivity contribution in [1.29, 1.82) is 0 Å². The summed E-state index contributed by atoms with van der Waals surface area (Å²) < 4.78 is 5.29. The van der Waals surface area contributed by atoms with E-state index in [1.54, 1.807) is 42.4 Å². The van der Waals surface area contributed by atoms with E-state index in [4.69, 9.17) is 9.72 Å². The predicted molar refractivity (Wildman–Crippen MR) is 123 cm³/mol. The number of methoxy groups -OCH3 is 1. The van der Waals surface area contributed by atoms with Crippen LogP contribution in [0, 0.1) is 17.0 Å². The molecule has 4 rings (SSSR count). The molecule has 9 heteroatoms. The number of nitro groups is 1. The minimum atomic E-state index is -0.447. The fourth-order valence-corrected chi connectivity index (χ4v) is 4.57. The fraction of sp³-hybridized carbons (Fsp3) is 0.304. The number of carbonyl (C=O) groups excluding carboxylic acids is 1. The molecule has 0 atom stereocenters. The summed E-state index contributed by atoms with van der Waals surface area (Å²) in [6.45, 7) is 5.01. The summed E-state index contributed by atoms with van der Waals surface area (Å²) in [6, 6.07) is 12.5. The van der Waals surface area contributed by atoms with Gasteiger partial charge >= 0.3 is 0 Å². The van der Waals surface area contributed by atoms with Crippen molar-refractivity contribution in [2.45, 2.75) is 13.5 Å². The lowest BCUT2D eigenvalue weighted by Crippen LogP contribution is -2.48. The molecule has 1 amide bonds. The van der Waals surface area contributed by atoms with E-state index in [2.05, 4.69) is 4.90 Å². The summed E-state index contributed by atoms with van der Waals surface area (Å²) >= 11 is 1.62. The summed E-state index contributed by atoms with van der Waals surface area (Å²) in [5.41, 5.74) is 2.84. The van der Waals surface area contributed by atoms with Crippen LogP contribution in [0.5, 0.6) is 5.75 Å². The number of benzene rings is 2. The molecule has 8 nitrogen and oxygen atoms in total. The lowest BCUT2D eigenvalue weighted by atomic mass is 10.1. The monoisotopic (exact) mass is 452 g/mol. The molecule has 2 heterocycles. The van der Waals surface area contributed by atoms with Gasteiger partial charge in [0.15, 0.2) is 0 Å². The molecule has 3 aromatic rings. The van der Waals surface area contributed by atoms with Crippen molar-refractivity contribution in [2.75, 3.05) is 33.3 Å². The van der Waals surface area contributed by atoms with Gasteiger partial charge in [0.05, 0.1) is 24.3 Å². The van der Waals surface area contributed by atoms with Crippen LogP contribution >= 0.6 is 11.3 Å². The van der Waals surface area contributed by atoms with E-state index in [-0.39, 0.29) is 11.6 Å². The number of hydrogen-bond donors (Lipinski definition) is 0. The van der Waals surface area contributed by atoms with Crippen molar-refractivity contribution in [3.05, 3.63) is 74.1 Å². The van der Waals surface area contributed by atoms with Crippen LogP contribution in [0.2, 0.25) is 0 Å². The molecule has 1 aliphatic heterocycles. The number of ether oxygens (including phenoxy) is 1. The molecule has 1 saturated heterocycles. The zero-order valence-corrected chi connectivity index (χ0v) is 18.8. The van der Waals surface area contributed by atoms with Gasteiger partial charge in [-0.25, -0.2) is 4.98 Å². The molecule has 32 heavy (non-hydrogen) atoms. The minimum absolute atomic E-state index is 0.0231. The van der Waals surface area contributed by atoms with Crippen molar-refractivity contribution in [3.8, 4) is 17.0 Å². The molecule has 0 radical (unpaired) electrons. The molecular weight excluding hydrogens is 428 g/mol. The normalized spacial score (nSPS) is 14.4. The highest BCUT2D eigenvalue weighted by Crippen LogP contribution is 2.26. The number of aryl methyl sites for hydroxylation is 1. The Labute approximate surface area is 190 Å². The van der Waals surface area contributed by atoms with Gasteiger partial charge in [-0.05, 0) is 25.1 Å². The molecule has 1 aliphatic rings. The van der Waals surface area contributed by atoms with Crippen LogP contribution in [0.3, 0.4) is 0 Å². The summed E-state index contributed by atoms with van der Waals surface area (Å²) in [6.07, 6.45) is 0. The number of hydrogen-bond acceptors (Lipinski definition) is 7. The van der Waals surface area contributed by atoms with Gasteiger partial charge in [-0.2, -0.15) is 0 Å². The largest absolute Gasteiger partial charge is 0.497 e. The van der Waals surface area contributed by atoms with E-state index < -0.39 is 4.92 Å². The Morgan fingerprint density at radius 1 is 1.19 bits per heavy atom. The fourth-order valence-electron chi connectivity index (χ4n) is 3.72. The first kappa shape index (κ1) is 21.9. The average Bonchev–Trinajstić information content (AvgIpc) is 3.28.